The number of amides is 1. The summed E-state index contributed by atoms with van der Waals surface area (Å²) in [7, 11) is 0. The number of aromatic nitrogens is 2. The third kappa shape index (κ3) is 2.87. The van der Waals surface area contributed by atoms with Gasteiger partial charge in [0.15, 0.2) is 0 Å². The van der Waals surface area contributed by atoms with Gasteiger partial charge in [0.05, 0.1) is 11.7 Å². The van der Waals surface area contributed by atoms with Gasteiger partial charge in [0.1, 0.15) is 5.82 Å². The fourth-order valence-corrected chi connectivity index (χ4v) is 3.40. The van der Waals surface area contributed by atoms with E-state index in [1.165, 1.54) is 12.1 Å². The van der Waals surface area contributed by atoms with E-state index in [4.69, 9.17) is 0 Å². The number of halogens is 1. The molecule has 1 fully saturated rings. The second kappa shape index (κ2) is 5.80. The number of carbonyl (C=O) groups excluding carboxylic acids is 1. The van der Waals surface area contributed by atoms with Crippen molar-refractivity contribution in [3.05, 3.63) is 54.4 Å². The molecule has 2 aromatic rings. The quantitative estimate of drug-likeness (QED) is 0.833. The van der Waals surface area contributed by atoms with Gasteiger partial charge in [-0.15, -0.1) is 0 Å². The Labute approximate surface area is 135 Å². The number of imidazole rings is 1. The van der Waals surface area contributed by atoms with Crippen LogP contribution < -0.4 is 5.32 Å². The van der Waals surface area contributed by atoms with Gasteiger partial charge in [-0.2, -0.15) is 0 Å². The first-order valence-electron chi connectivity index (χ1n) is 7.96. The number of rotatable bonds is 6. The van der Waals surface area contributed by atoms with Crippen molar-refractivity contribution in [3.63, 3.8) is 0 Å². The lowest BCUT2D eigenvalue weighted by molar-refractivity contribution is -0.124. The summed E-state index contributed by atoms with van der Waals surface area (Å²) in [5.74, 6) is -0.233. The summed E-state index contributed by atoms with van der Waals surface area (Å²) in [5.41, 5.74) is 0.269. The summed E-state index contributed by atoms with van der Waals surface area (Å²) in [6, 6.07) is 6.32. The zero-order chi connectivity index (χ0) is 16.5. The molecule has 1 N–H and O–H groups in total. The van der Waals surface area contributed by atoms with Gasteiger partial charge in [-0.1, -0.05) is 26.0 Å². The van der Waals surface area contributed by atoms with Crippen LogP contribution in [0.25, 0.3) is 0 Å². The number of hydrogen-bond acceptors (Lipinski definition) is 2. The van der Waals surface area contributed by atoms with Gasteiger partial charge in [0.2, 0.25) is 5.91 Å². The minimum Gasteiger partial charge on any atom is -0.355 e. The van der Waals surface area contributed by atoms with Crippen LogP contribution in [0.2, 0.25) is 0 Å². The molecule has 1 unspecified atom stereocenters. The maximum Gasteiger partial charge on any atom is 0.231 e. The monoisotopic (exact) mass is 315 g/mol. The molecule has 5 heteroatoms. The van der Waals surface area contributed by atoms with E-state index < -0.39 is 5.41 Å². The van der Waals surface area contributed by atoms with E-state index in [0.717, 1.165) is 24.9 Å². The molecule has 0 saturated heterocycles. The molecule has 23 heavy (non-hydrogen) atoms. The molecule has 1 saturated carbocycles. The summed E-state index contributed by atoms with van der Waals surface area (Å²) in [6.07, 6.45) is 7.06. The minimum atomic E-state index is -0.532. The summed E-state index contributed by atoms with van der Waals surface area (Å²) in [6.45, 7) is 5.62. The van der Waals surface area contributed by atoms with Crippen LogP contribution in [0.5, 0.6) is 0 Å². The van der Waals surface area contributed by atoms with E-state index in [1.54, 1.807) is 24.7 Å². The number of benzene rings is 1. The molecule has 4 nitrogen and oxygen atoms in total. The normalized spacial score (nSPS) is 21.9. The minimum absolute atomic E-state index is 0.0414. The molecule has 3 rings (SSSR count). The van der Waals surface area contributed by atoms with Gasteiger partial charge in [-0.25, -0.2) is 9.37 Å². The van der Waals surface area contributed by atoms with Crippen LogP contribution in [0.4, 0.5) is 4.39 Å². The van der Waals surface area contributed by atoms with Crippen molar-refractivity contribution in [2.45, 2.75) is 38.6 Å². The first kappa shape index (κ1) is 15.7. The molecular formula is C18H22FN3O. The lowest BCUT2D eigenvalue weighted by atomic mass is 9.87. The Morgan fingerprint density at radius 2 is 2.04 bits per heavy atom. The van der Waals surface area contributed by atoms with Gasteiger partial charge in [-0.3, -0.25) is 4.79 Å². The van der Waals surface area contributed by atoms with Crippen molar-refractivity contribution >= 4 is 5.91 Å². The van der Waals surface area contributed by atoms with E-state index >= 15 is 0 Å². The maximum atomic E-state index is 13.2. The zero-order valence-corrected chi connectivity index (χ0v) is 13.6. The second-order valence-electron chi connectivity index (χ2n) is 6.88. The van der Waals surface area contributed by atoms with E-state index in [2.05, 4.69) is 24.1 Å². The summed E-state index contributed by atoms with van der Waals surface area (Å²) in [5, 5.41) is 3.05. The topological polar surface area (TPSA) is 46.9 Å². The third-order valence-corrected chi connectivity index (χ3v) is 4.90. The van der Waals surface area contributed by atoms with Crippen molar-refractivity contribution in [3.8, 4) is 0 Å². The van der Waals surface area contributed by atoms with E-state index in [1.807, 2.05) is 10.8 Å². The number of carbonyl (C=O) groups is 1. The third-order valence-electron chi connectivity index (χ3n) is 4.90. The van der Waals surface area contributed by atoms with Crippen LogP contribution in [-0.2, 0) is 16.8 Å². The molecule has 1 atom stereocenters. The summed E-state index contributed by atoms with van der Waals surface area (Å²) >= 11 is 0. The van der Waals surface area contributed by atoms with Gasteiger partial charge in [-0.05, 0) is 36.0 Å². The van der Waals surface area contributed by atoms with Crippen LogP contribution >= 0.6 is 0 Å². The maximum absolute atomic E-state index is 13.2. The predicted octanol–water partition coefficient (Wildman–Crippen LogP) is 2.90. The van der Waals surface area contributed by atoms with Gasteiger partial charge < -0.3 is 9.88 Å². The van der Waals surface area contributed by atoms with E-state index in [0.29, 0.717) is 6.54 Å². The fourth-order valence-electron chi connectivity index (χ4n) is 3.40. The Kier molecular flexibility index (Phi) is 3.96. The average molecular weight is 315 g/mol. The van der Waals surface area contributed by atoms with Crippen LogP contribution in [-0.4, -0.2) is 22.0 Å². The first-order valence-corrected chi connectivity index (χ1v) is 7.96. The SMILES string of the molecule is CC1(C)CC1(C(=O)NCCCn1ccnc1)c1ccc(F)cc1. The smallest absolute Gasteiger partial charge is 0.231 e. The lowest BCUT2D eigenvalue weighted by Gasteiger charge is -2.21. The number of hydrogen-bond donors (Lipinski definition) is 1. The Bertz CT molecular complexity index is 679. The van der Waals surface area contributed by atoms with E-state index in [-0.39, 0.29) is 17.1 Å². The van der Waals surface area contributed by atoms with Crippen molar-refractivity contribution in [1.29, 1.82) is 0 Å². The molecule has 0 spiro atoms. The standard InChI is InChI=1S/C18H22FN3O/c1-17(2)12-18(17,14-4-6-15(19)7-5-14)16(23)21-8-3-10-22-11-9-20-13-22/h4-7,9,11,13H,3,8,10,12H2,1-2H3,(H,21,23). The largest absolute Gasteiger partial charge is 0.355 e. The highest BCUT2D eigenvalue weighted by atomic mass is 19.1. The fraction of sp³-hybridized carbons (Fsp3) is 0.444. The first-order chi connectivity index (χ1) is 11.0. The van der Waals surface area contributed by atoms with Gasteiger partial charge in [0.25, 0.3) is 0 Å². The number of aryl methyl sites for hydroxylation is 1. The Morgan fingerprint density at radius 1 is 1.35 bits per heavy atom. The number of nitrogens with one attached hydrogen (secondary N) is 1. The average Bonchev–Trinajstić information content (AvgIpc) is 2.88. The van der Waals surface area contributed by atoms with Crippen molar-refractivity contribution in [1.82, 2.24) is 14.9 Å². The van der Waals surface area contributed by atoms with Gasteiger partial charge in [0, 0.05) is 25.5 Å². The van der Waals surface area contributed by atoms with Crippen LogP contribution in [0.15, 0.2) is 43.0 Å². The molecule has 1 heterocycles. The highest BCUT2D eigenvalue weighted by Crippen LogP contribution is 2.64. The Morgan fingerprint density at radius 3 is 2.61 bits per heavy atom. The summed E-state index contributed by atoms with van der Waals surface area (Å²) < 4.78 is 15.2. The highest BCUT2D eigenvalue weighted by molar-refractivity contribution is 5.93. The summed E-state index contributed by atoms with van der Waals surface area (Å²) in [4.78, 5) is 16.8. The number of nitrogens with zero attached hydrogens (tertiary/aromatic N) is 2. The molecule has 1 aliphatic rings. The van der Waals surface area contributed by atoms with E-state index in [9.17, 15) is 9.18 Å². The molecule has 0 bridgehead atoms. The molecule has 122 valence electrons. The zero-order valence-electron chi connectivity index (χ0n) is 13.6. The van der Waals surface area contributed by atoms with Crippen molar-refractivity contribution < 1.29 is 9.18 Å². The molecule has 1 aromatic heterocycles. The van der Waals surface area contributed by atoms with Crippen LogP contribution in [0.3, 0.4) is 0 Å². The molecule has 0 radical (unpaired) electrons. The van der Waals surface area contributed by atoms with Gasteiger partial charge >= 0.3 is 0 Å². The molecule has 1 amide bonds. The molecular weight excluding hydrogens is 293 g/mol. The highest BCUT2D eigenvalue weighted by Gasteiger charge is 2.66. The Balaban J connectivity index is 1.62. The molecule has 1 aliphatic carbocycles. The lowest BCUT2D eigenvalue weighted by Crippen LogP contribution is -2.38. The molecule has 0 aliphatic heterocycles. The van der Waals surface area contributed by atoms with Crippen molar-refractivity contribution in [2.24, 2.45) is 5.41 Å². The Hall–Kier alpha value is -2.17. The predicted molar refractivity (Wildman–Crippen MR) is 86.3 cm³/mol. The van der Waals surface area contributed by atoms with Crippen molar-refractivity contribution in [2.75, 3.05) is 6.54 Å². The van der Waals surface area contributed by atoms with Crippen LogP contribution in [0, 0.1) is 11.2 Å². The second-order valence-corrected chi connectivity index (χ2v) is 6.88. The molecule has 1 aromatic carbocycles. The van der Waals surface area contributed by atoms with Crippen LogP contribution in [0.1, 0.15) is 32.3 Å².